The van der Waals surface area contributed by atoms with Crippen molar-refractivity contribution in [1.82, 2.24) is 14.3 Å². The van der Waals surface area contributed by atoms with Crippen LogP contribution in [0.2, 0.25) is 0 Å². The number of amides is 1. The summed E-state index contributed by atoms with van der Waals surface area (Å²) < 4.78 is 2.10. The summed E-state index contributed by atoms with van der Waals surface area (Å²) in [6.45, 7) is 4.73. The molecule has 4 rings (SSSR count). The first-order valence-corrected chi connectivity index (χ1v) is 13.5. The molecule has 8 heteroatoms. The summed E-state index contributed by atoms with van der Waals surface area (Å²) in [5.74, 6) is -0.130. The average molecular weight is 510 g/mol. The van der Waals surface area contributed by atoms with Crippen LogP contribution in [-0.2, 0) is 4.79 Å². The average Bonchev–Trinajstić information content (AvgIpc) is 3.10. The summed E-state index contributed by atoms with van der Waals surface area (Å²) in [6.07, 6.45) is 9.01. The van der Waals surface area contributed by atoms with E-state index in [0.29, 0.717) is 32.0 Å². The van der Waals surface area contributed by atoms with Gasteiger partial charge in [-0.05, 0) is 43.2 Å². The Bertz CT molecular complexity index is 1300. The molecule has 0 aliphatic carbocycles. The van der Waals surface area contributed by atoms with Crippen LogP contribution in [0.3, 0.4) is 0 Å². The molecule has 1 saturated heterocycles. The quantitative estimate of drug-likeness (QED) is 0.145. The van der Waals surface area contributed by atoms with E-state index in [4.69, 9.17) is 17.2 Å². The predicted molar refractivity (Wildman–Crippen MR) is 145 cm³/mol. The minimum Gasteiger partial charge on any atom is -0.293 e. The van der Waals surface area contributed by atoms with Crippen LogP contribution in [0.5, 0.6) is 0 Å². The number of aromatic nitrogens is 2. The molecule has 5 nitrogen and oxygen atoms in total. The molecule has 0 N–H and O–H groups in total. The van der Waals surface area contributed by atoms with Gasteiger partial charge in [-0.2, -0.15) is 0 Å². The van der Waals surface area contributed by atoms with Crippen molar-refractivity contribution in [2.45, 2.75) is 55.9 Å². The topological polar surface area (TPSA) is 54.7 Å². The number of aryl methyl sites for hydroxylation is 1. The van der Waals surface area contributed by atoms with Gasteiger partial charge in [0.1, 0.15) is 15.0 Å². The van der Waals surface area contributed by atoms with Gasteiger partial charge in [0.2, 0.25) is 0 Å². The Kier molecular flexibility index (Phi) is 8.24. The highest BCUT2D eigenvalue weighted by Crippen LogP contribution is 2.35. The van der Waals surface area contributed by atoms with Crippen molar-refractivity contribution >= 4 is 57.7 Å². The number of hydrogen-bond donors (Lipinski definition) is 0. The fraction of sp³-hybridized carbons (Fsp3) is 0.308. The SMILES string of the molecule is CCCCCCCN1C(=O)/C(=C\c2c(Sc3ccccc3)nc3ccc(C)cn3c2=O)SC1=S. The van der Waals surface area contributed by atoms with E-state index in [9.17, 15) is 9.59 Å². The number of thiocarbonyl (C=S) groups is 1. The standard InChI is InChI=1S/C26H27N3O2S3/c1-3-4-5-6-10-15-28-25(31)21(34-26(28)32)16-20-23(33-19-11-8-7-9-12-19)27-22-14-13-18(2)17-29(22)24(20)30/h7-9,11-14,16-17H,3-6,10,15H2,1-2H3/b21-16+. The van der Waals surface area contributed by atoms with Crippen LogP contribution in [0.1, 0.15) is 50.2 Å². The summed E-state index contributed by atoms with van der Waals surface area (Å²) in [7, 11) is 0. The molecule has 1 fully saturated rings. The zero-order valence-corrected chi connectivity index (χ0v) is 21.8. The molecule has 1 aromatic carbocycles. The van der Waals surface area contributed by atoms with Crippen LogP contribution < -0.4 is 5.56 Å². The molecule has 0 radical (unpaired) electrons. The van der Waals surface area contributed by atoms with Crippen molar-refractivity contribution in [3.05, 3.63) is 75.0 Å². The molecule has 2 aromatic heterocycles. The van der Waals surface area contributed by atoms with Gasteiger partial charge in [-0.1, -0.05) is 92.6 Å². The number of carbonyl (C=O) groups is 1. The number of hydrogen-bond acceptors (Lipinski definition) is 6. The van der Waals surface area contributed by atoms with Crippen LogP contribution in [0.25, 0.3) is 11.7 Å². The van der Waals surface area contributed by atoms with E-state index in [-0.39, 0.29) is 11.5 Å². The molecule has 1 amide bonds. The number of unbranched alkanes of at least 4 members (excludes halogenated alkanes) is 4. The molecule has 176 valence electrons. The highest BCUT2D eigenvalue weighted by atomic mass is 32.2. The number of fused-ring (bicyclic) bond motifs is 1. The molecule has 1 aliphatic heterocycles. The van der Waals surface area contributed by atoms with E-state index in [0.717, 1.165) is 23.3 Å². The molecule has 0 unspecified atom stereocenters. The van der Waals surface area contributed by atoms with E-state index < -0.39 is 0 Å². The van der Waals surface area contributed by atoms with Crippen LogP contribution in [0, 0.1) is 6.92 Å². The van der Waals surface area contributed by atoms with Gasteiger partial charge in [-0.15, -0.1) is 0 Å². The summed E-state index contributed by atoms with van der Waals surface area (Å²) in [6, 6.07) is 13.6. The van der Waals surface area contributed by atoms with Gasteiger partial charge in [0.15, 0.2) is 0 Å². The van der Waals surface area contributed by atoms with Crippen molar-refractivity contribution in [2.24, 2.45) is 0 Å². The van der Waals surface area contributed by atoms with Crippen molar-refractivity contribution in [2.75, 3.05) is 6.54 Å². The van der Waals surface area contributed by atoms with E-state index >= 15 is 0 Å². The maximum Gasteiger partial charge on any atom is 0.266 e. The molecular weight excluding hydrogens is 483 g/mol. The first-order valence-electron chi connectivity index (χ1n) is 11.5. The van der Waals surface area contributed by atoms with Crippen molar-refractivity contribution < 1.29 is 4.79 Å². The summed E-state index contributed by atoms with van der Waals surface area (Å²) in [4.78, 5) is 34.6. The lowest BCUT2D eigenvalue weighted by molar-refractivity contribution is -0.122. The zero-order chi connectivity index (χ0) is 24.1. The summed E-state index contributed by atoms with van der Waals surface area (Å²) in [5.41, 5.74) is 1.74. The Hall–Kier alpha value is -2.42. The zero-order valence-electron chi connectivity index (χ0n) is 19.3. The van der Waals surface area contributed by atoms with Crippen LogP contribution in [0.4, 0.5) is 0 Å². The van der Waals surface area contributed by atoms with Gasteiger partial charge in [0.25, 0.3) is 11.5 Å². The number of pyridine rings is 1. The first-order chi connectivity index (χ1) is 16.5. The van der Waals surface area contributed by atoms with Crippen LogP contribution >= 0.6 is 35.7 Å². The molecule has 0 bridgehead atoms. The largest absolute Gasteiger partial charge is 0.293 e. The molecule has 3 aromatic rings. The van der Waals surface area contributed by atoms with Crippen LogP contribution in [-0.4, -0.2) is 31.1 Å². The van der Waals surface area contributed by atoms with Crippen molar-refractivity contribution in [3.8, 4) is 0 Å². The van der Waals surface area contributed by atoms with E-state index in [1.165, 1.54) is 42.8 Å². The van der Waals surface area contributed by atoms with Crippen molar-refractivity contribution in [1.29, 1.82) is 0 Å². The lowest BCUT2D eigenvalue weighted by atomic mass is 10.1. The maximum atomic E-state index is 13.5. The number of rotatable bonds is 9. The minimum atomic E-state index is -0.197. The van der Waals surface area contributed by atoms with Gasteiger partial charge in [-0.3, -0.25) is 18.9 Å². The summed E-state index contributed by atoms with van der Waals surface area (Å²) in [5, 5.41) is 0.574. The van der Waals surface area contributed by atoms with E-state index in [1.807, 2.05) is 49.4 Å². The molecule has 0 saturated carbocycles. The minimum absolute atomic E-state index is 0.130. The Labute approximate surface area is 213 Å². The fourth-order valence-corrected chi connectivity index (χ4v) is 5.94. The first kappa shape index (κ1) is 24.7. The second-order valence-electron chi connectivity index (χ2n) is 8.23. The second-order valence-corrected chi connectivity index (χ2v) is 11.0. The molecule has 0 spiro atoms. The van der Waals surface area contributed by atoms with Gasteiger partial charge in [-0.25, -0.2) is 4.98 Å². The maximum absolute atomic E-state index is 13.5. The van der Waals surface area contributed by atoms with Crippen molar-refractivity contribution in [3.63, 3.8) is 0 Å². The van der Waals surface area contributed by atoms with Gasteiger partial charge < -0.3 is 0 Å². The van der Waals surface area contributed by atoms with Gasteiger partial charge in [0.05, 0.1) is 10.5 Å². The predicted octanol–water partition coefficient (Wildman–Crippen LogP) is 6.33. The number of nitrogens with zero attached hydrogens (tertiary/aromatic N) is 3. The third-order valence-corrected chi connectivity index (χ3v) is 7.95. The highest BCUT2D eigenvalue weighted by molar-refractivity contribution is 8.26. The molecular formula is C26H27N3O2S3. The lowest BCUT2D eigenvalue weighted by Crippen LogP contribution is -2.29. The summed E-state index contributed by atoms with van der Waals surface area (Å²) >= 11 is 8.18. The molecule has 1 aliphatic rings. The Balaban J connectivity index is 1.69. The Morgan fingerprint density at radius 2 is 1.82 bits per heavy atom. The third-order valence-electron chi connectivity index (χ3n) is 5.56. The second kappa shape index (κ2) is 11.3. The van der Waals surface area contributed by atoms with E-state index in [1.54, 1.807) is 21.6 Å². The molecule has 3 heterocycles. The van der Waals surface area contributed by atoms with Crippen LogP contribution in [0.15, 0.2) is 68.3 Å². The normalized spacial score (nSPS) is 15.1. The number of benzene rings is 1. The smallest absolute Gasteiger partial charge is 0.266 e. The Morgan fingerprint density at radius 3 is 2.59 bits per heavy atom. The van der Waals surface area contributed by atoms with Gasteiger partial charge in [0, 0.05) is 17.6 Å². The Morgan fingerprint density at radius 1 is 1.06 bits per heavy atom. The molecule has 0 atom stereocenters. The number of thioether (sulfide) groups is 1. The third kappa shape index (κ3) is 5.62. The number of carbonyl (C=O) groups excluding carboxylic acids is 1. The monoisotopic (exact) mass is 509 g/mol. The lowest BCUT2D eigenvalue weighted by Gasteiger charge is -2.14. The molecule has 34 heavy (non-hydrogen) atoms. The highest BCUT2D eigenvalue weighted by Gasteiger charge is 2.32. The van der Waals surface area contributed by atoms with E-state index in [2.05, 4.69) is 6.92 Å². The van der Waals surface area contributed by atoms with Gasteiger partial charge >= 0.3 is 0 Å². The fourth-order valence-electron chi connectivity index (χ4n) is 3.74.